The van der Waals surface area contributed by atoms with Gasteiger partial charge < -0.3 is 9.47 Å². The molecule has 168 valence electrons. The Bertz CT molecular complexity index is 1240. The number of aromatic nitrogens is 4. The second kappa shape index (κ2) is 8.41. The van der Waals surface area contributed by atoms with Gasteiger partial charge in [-0.05, 0) is 38.2 Å². The number of hydrogen-bond acceptors (Lipinski definition) is 4. The van der Waals surface area contributed by atoms with E-state index in [4.69, 9.17) is 0 Å². The van der Waals surface area contributed by atoms with Crippen LogP contribution in [0.4, 0.5) is 0 Å². The lowest BCUT2D eigenvalue weighted by atomic mass is 10.2. The smallest absolute Gasteiger partial charge is 0.333 e. The Hall–Kier alpha value is -3.16. The molecule has 0 unspecified atom stereocenters. The van der Waals surface area contributed by atoms with Crippen molar-refractivity contribution in [3.63, 3.8) is 0 Å². The van der Waals surface area contributed by atoms with Crippen molar-refractivity contribution in [2.75, 3.05) is 13.1 Å². The van der Waals surface area contributed by atoms with Gasteiger partial charge in [-0.3, -0.25) is 14.2 Å². The van der Waals surface area contributed by atoms with Gasteiger partial charge in [-0.25, -0.2) is 14.3 Å². The molecule has 2 aromatic heterocycles. The van der Waals surface area contributed by atoms with E-state index in [-0.39, 0.29) is 11.9 Å². The molecule has 1 atom stereocenters. The molecule has 1 aliphatic carbocycles. The molecule has 1 saturated carbocycles. The van der Waals surface area contributed by atoms with E-state index >= 15 is 0 Å². The third-order valence-corrected chi connectivity index (χ3v) is 6.95. The van der Waals surface area contributed by atoms with Crippen molar-refractivity contribution in [3.8, 4) is 0 Å². The van der Waals surface area contributed by atoms with Crippen LogP contribution in [0.3, 0.4) is 0 Å². The van der Waals surface area contributed by atoms with Gasteiger partial charge in [0.05, 0.1) is 12.9 Å². The molecule has 3 heterocycles. The summed E-state index contributed by atoms with van der Waals surface area (Å²) in [6.45, 7) is 3.32. The van der Waals surface area contributed by atoms with Gasteiger partial charge in [0, 0.05) is 19.1 Å². The standard InChI is InChI=1S/C24H29N5O3/c1-17(22(30)26-13-7-8-14-26)29-23(31)20-21(25-16-28(20)19-11-5-6-12-19)27(24(29)32)15-18-9-3-2-4-10-18/h2-4,9-10,16-17,19H,5-8,11-15H2,1H3/t17-/m0/s1. The summed E-state index contributed by atoms with van der Waals surface area (Å²) >= 11 is 0. The van der Waals surface area contributed by atoms with Crippen molar-refractivity contribution >= 4 is 17.1 Å². The van der Waals surface area contributed by atoms with Crippen LogP contribution in [0, 0.1) is 0 Å². The molecule has 8 heteroatoms. The Morgan fingerprint density at radius 3 is 2.44 bits per heavy atom. The third kappa shape index (κ3) is 3.47. The lowest BCUT2D eigenvalue weighted by molar-refractivity contribution is -0.133. The number of likely N-dealkylation sites (tertiary alicyclic amines) is 1. The van der Waals surface area contributed by atoms with Crippen LogP contribution in [0.15, 0.2) is 46.2 Å². The Morgan fingerprint density at radius 2 is 1.75 bits per heavy atom. The number of hydrogen-bond donors (Lipinski definition) is 0. The highest BCUT2D eigenvalue weighted by molar-refractivity contribution is 5.81. The van der Waals surface area contributed by atoms with Crippen molar-refractivity contribution < 1.29 is 4.79 Å². The minimum absolute atomic E-state index is 0.167. The summed E-state index contributed by atoms with van der Waals surface area (Å²) in [7, 11) is 0. The predicted octanol–water partition coefficient (Wildman–Crippen LogP) is 2.71. The summed E-state index contributed by atoms with van der Waals surface area (Å²) in [5, 5.41) is 0. The van der Waals surface area contributed by atoms with Gasteiger partial charge in [0.25, 0.3) is 5.56 Å². The first-order valence-corrected chi connectivity index (χ1v) is 11.6. The van der Waals surface area contributed by atoms with Crippen LogP contribution >= 0.6 is 0 Å². The molecule has 0 N–H and O–H groups in total. The molecule has 5 rings (SSSR count). The Kier molecular flexibility index (Phi) is 5.45. The van der Waals surface area contributed by atoms with Gasteiger partial charge in [0.15, 0.2) is 11.2 Å². The van der Waals surface area contributed by atoms with Crippen molar-refractivity contribution in [2.45, 2.75) is 64.1 Å². The van der Waals surface area contributed by atoms with Gasteiger partial charge in [0.1, 0.15) is 6.04 Å². The van der Waals surface area contributed by atoms with Crippen LogP contribution in [0.2, 0.25) is 0 Å². The Balaban J connectivity index is 1.69. The molecule has 0 radical (unpaired) electrons. The van der Waals surface area contributed by atoms with E-state index < -0.39 is 17.3 Å². The fourth-order valence-corrected chi connectivity index (χ4v) is 5.20. The molecule has 0 spiro atoms. The summed E-state index contributed by atoms with van der Waals surface area (Å²) < 4.78 is 4.64. The van der Waals surface area contributed by atoms with E-state index in [1.54, 1.807) is 22.7 Å². The van der Waals surface area contributed by atoms with Crippen molar-refractivity contribution in [2.24, 2.45) is 0 Å². The third-order valence-electron chi connectivity index (χ3n) is 6.95. The first kappa shape index (κ1) is 20.7. The van der Waals surface area contributed by atoms with Crippen LogP contribution in [-0.4, -0.2) is 42.6 Å². The zero-order chi connectivity index (χ0) is 22.2. The molecule has 8 nitrogen and oxygen atoms in total. The topological polar surface area (TPSA) is 82.1 Å². The molecular formula is C24H29N5O3. The summed E-state index contributed by atoms with van der Waals surface area (Å²) in [5.41, 5.74) is 0.859. The molecule has 2 fully saturated rings. The zero-order valence-electron chi connectivity index (χ0n) is 18.4. The van der Waals surface area contributed by atoms with E-state index in [2.05, 4.69) is 4.98 Å². The maximum Gasteiger partial charge on any atom is 0.333 e. The second-order valence-corrected chi connectivity index (χ2v) is 9.00. The highest BCUT2D eigenvalue weighted by atomic mass is 16.2. The molecule has 32 heavy (non-hydrogen) atoms. The zero-order valence-corrected chi connectivity index (χ0v) is 18.4. The quantitative estimate of drug-likeness (QED) is 0.617. The van der Waals surface area contributed by atoms with E-state index in [9.17, 15) is 14.4 Å². The normalized spacial score (nSPS) is 18.0. The molecule has 2 aliphatic rings. The van der Waals surface area contributed by atoms with E-state index in [0.29, 0.717) is 30.8 Å². The number of benzene rings is 1. The van der Waals surface area contributed by atoms with E-state index in [0.717, 1.165) is 48.7 Å². The lowest BCUT2D eigenvalue weighted by Gasteiger charge is -2.23. The monoisotopic (exact) mass is 435 g/mol. The number of nitrogens with zero attached hydrogens (tertiary/aromatic N) is 5. The van der Waals surface area contributed by atoms with Crippen LogP contribution in [0.1, 0.15) is 63.1 Å². The van der Waals surface area contributed by atoms with Crippen molar-refractivity contribution in [1.82, 2.24) is 23.6 Å². The summed E-state index contributed by atoms with van der Waals surface area (Å²) in [4.78, 5) is 46.7. The van der Waals surface area contributed by atoms with Crippen LogP contribution in [0.25, 0.3) is 11.2 Å². The van der Waals surface area contributed by atoms with E-state index in [1.807, 2.05) is 34.9 Å². The fraction of sp³-hybridized carbons (Fsp3) is 0.500. The Labute approximate surface area is 186 Å². The van der Waals surface area contributed by atoms with Crippen LogP contribution < -0.4 is 11.2 Å². The van der Waals surface area contributed by atoms with Crippen LogP contribution in [0.5, 0.6) is 0 Å². The first-order chi connectivity index (χ1) is 15.6. The van der Waals surface area contributed by atoms with Crippen molar-refractivity contribution in [1.29, 1.82) is 0 Å². The molecular weight excluding hydrogens is 406 g/mol. The maximum absolute atomic E-state index is 13.7. The maximum atomic E-state index is 13.7. The van der Waals surface area contributed by atoms with Gasteiger partial charge in [0.2, 0.25) is 5.91 Å². The molecule has 1 aromatic carbocycles. The summed E-state index contributed by atoms with van der Waals surface area (Å²) in [6.07, 6.45) is 7.83. The van der Waals surface area contributed by atoms with Crippen LogP contribution in [-0.2, 0) is 11.3 Å². The minimum Gasteiger partial charge on any atom is -0.341 e. The highest BCUT2D eigenvalue weighted by Crippen LogP contribution is 2.31. The van der Waals surface area contributed by atoms with Crippen molar-refractivity contribution in [3.05, 3.63) is 63.1 Å². The number of imidazole rings is 1. The SMILES string of the molecule is C[C@@H](C(=O)N1CCCC1)n1c(=O)c2c(ncn2C2CCCC2)n(Cc2ccccc2)c1=O. The summed E-state index contributed by atoms with van der Waals surface area (Å²) in [6, 6.07) is 9.00. The van der Waals surface area contributed by atoms with Gasteiger partial charge in [-0.2, -0.15) is 0 Å². The van der Waals surface area contributed by atoms with Gasteiger partial charge >= 0.3 is 5.69 Å². The molecule has 0 bridgehead atoms. The lowest BCUT2D eigenvalue weighted by Crippen LogP contribution is -2.47. The average Bonchev–Trinajstić information content (AvgIpc) is 3.57. The molecule has 3 aromatic rings. The minimum atomic E-state index is -0.855. The van der Waals surface area contributed by atoms with Gasteiger partial charge in [-0.15, -0.1) is 0 Å². The average molecular weight is 436 g/mol. The van der Waals surface area contributed by atoms with E-state index in [1.165, 1.54) is 0 Å². The number of fused-ring (bicyclic) bond motifs is 1. The number of rotatable bonds is 5. The predicted molar refractivity (Wildman–Crippen MR) is 122 cm³/mol. The fourth-order valence-electron chi connectivity index (χ4n) is 5.20. The number of amides is 1. The molecule has 1 amide bonds. The number of carbonyl (C=O) groups excluding carboxylic acids is 1. The summed E-state index contributed by atoms with van der Waals surface area (Å²) in [5.74, 6) is -0.167. The molecule has 1 aliphatic heterocycles. The number of carbonyl (C=O) groups is 1. The van der Waals surface area contributed by atoms with Gasteiger partial charge in [-0.1, -0.05) is 43.2 Å². The first-order valence-electron chi connectivity index (χ1n) is 11.6. The molecule has 1 saturated heterocycles. The highest BCUT2D eigenvalue weighted by Gasteiger charge is 2.30. The largest absolute Gasteiger partial charge is 0.341 e. The Morgan fingerprint density at radius 1 is 1.06 bits per heavy atom. The second-order valence-electron chi connectivity index (χ2n) is 9.00.